The zero-order valence-electron chi connectivity index (χ0n) is 9.11. The number of nitrogens with one attached hydrogen (secondary N) is 1. The molecule has 0 aliphatic carbocycles. The predicted octanol–water partition coefficient (Wildman–Crippen LogP) is 1.40. The van der Waals surface area contributed by atoms with Crippen LogP contribution in [-0.4, -0.2) is 22.5 Å². The molecule has 0 spiro atoms. The average molecular weight is 262 g/mol. The molecule has 0 bridgehead atoms. The maximum Gasteiger partial charge on any atom is 0.355 e. The normalized spacial score (nSPS) is 10.4. The van der Waals surface area contributed by atoms with Gasteiger partial charge in [-0.25, -0.2) is 13.6 Å². The van der Waals surface area contributed by atoms with Crippen LogP contribution in [0.2, 0.25) is 0 Å². The van der Waals surface area contributed by atoms with Crippen LogP contribution >= 0.6 is 0 Å². The Bertz CT molecular complexity index is 540. The lowest BCUT2D eigenvalue weighted by atomic mass is 10.2. The van der Waals surface area contributed by atoms with Gasteiger partial charge in [0.25, 0.3) is 17.7 Å². The summed E-state index contributed by atoms with van der Waals surface area (Å²) in [5.74, 6) is -1.03. The zero-order chi connectivity index (χ0) is 13.9. The Balaban J connectivity index is 3.42. The Morgan fingerprint density at radius 1 is 1.61 bits per heavy atom. The first-order valence-corrected chi connectivity index (χ1v) is 4.75. The van der Waals surface area contributed by atoms with Gasteiger partial charge in [0.2, 0.25) is 0 Å². The van der Waals surface area contributed by atoms with Gasteiger partial charge in [0, 0.05) is 6.07 Å². The van der Waals surface area contributed by atoms with Crippen LogP contribution < -0.4 is 5.56 Å². The number of hydrogen-bond donors (Lipinski definition) is 1. The molecule has 1 N–H and O–H groups in total. The highest BCUT2D eigenvalue weighted by molar-refractivity contribution is 5.88. The molecule has 0 unspecified atom stereocenters. The number of ether oxygens (including phenoxy) is 1. The molecule has 1 heterocycles. The van der Waals surface area contributed by atoms with E-state index < -0.39 is 39.8 Å². The van der Waals surface area contributed by atoms with Crippen LogP contribution in [0.3, 0.4) is 0 Å². The van der Waals surface area contributed by atoms with E-state index in [1.165, 1.54) is 6.92 Å². The summed E-state index contributed by atoms with van der Waals surface area (Å²) >= 11 is 0. The minimum absolute atomic E-state index is 0.0226. The number of carbonyl (C=O) groups is 1. The van der Waals surface area contributed by atoms with Gasteiger partial charge in [-0.3, -0.25) is 14.9 Å². The van der Waals surface area contributed by atoms with Gasteiger partial charge in [-0.1, -0.05) is 0 Å². The fourth-order valence-corrected chi connectivity index (χ4v) is 1.24. The molecule has 0 aliphatic rings. The summed E-state index contributed by atoms with van der Waals surface area (Å²) < 4.78 is 29.5. The topological polar surface area (TPSA) is 102 Å². The number of esters is 1. The smallest absolute Gasteiger partial charge is 0.355 e. The quantitative estimate of drug-likeness (QED) is 0.502. The second-order valence-corrected chi connectivity index (χ2v) is 3.09. The van der Waals surface area contributed by atoms with Crippen LogP contribution in [0.1, 0.15) is 29.4 Å². The summed E-state index contributed by atoms with van der Waals surface area (Å²) in [6, 6.07) is 0.556. The number of nitrogens with zero attached hydrogens (tertiary/aromatic N) is 1. The van der Waals surface area contributed by atoms with Crippen LogP contribution in [-0.2, 0) is 4.74 Å². The van der Waals surface area contributed by atoms with Gasteiger partial charge in [0.05, 0.1) is 11.5 Å². The fourth-order valence-electron chi connectivity index (χ4n) is 1.24. The van der Waals surface area contributed by atoms with E-state index in [0.717, 1.165) is 0 Å². The monoisotopic (exact) mass is 262 g/mol. The molecule has 0 aliphatic heterocycles. The van der Waals surface area contributed by atoms with Crippen molar-refractivity contribution in [3.05, 3.63) is 37.8 Å². The van der Waals surface area contributed by atoms with E-state index in [-0.39, 0.29) is 6.61 Å². The Morgan fingerprint density at radius 3 is 2.67 bits per heavy atom. The lowest BCUT2D eigenvalue weighted by molar-refractivity contribution is -0.386. The SMILES string of the molecule is CCOC(=O)c1cc([N+](=O)[O-])c(C(F)F)c(=O)[nH]1. The standard InChI is InChI=1S/C9H8F2N2O5/c1-2-18-9(15)4-3-5(13(16)17)6(7(10)11)8(14)12-4/h3,7H,2H2,1H3,(H,12,14). The van der Waals surface area contributed by atoms with Crippen molar-refractivity contribution in [3.8, 4) is 0 Å². The summed E-state index contributed by atoms with van der Waals surface area (Å²) in [6.45, 7) is 1.46. The molecular formula is C9H8F2N2O5. The van der Waals surface area contributed by atoms with Gasteiger partial charge >= 0.3 is 5.97 Å². The van der Waals surface area contributed by atoms with Gasteiger partial charge in [0.15, 0.2) is 5.56 Å². The molecule has 0 aromatic carbocycles. The third-order valence-electron chi connectivity index (χ3n) is 1.96. The first kappa shape index (κ1) is 13.7. The summed E-state index contributed by atoms with van der Waals surface area (Å²) in [5, 5.41) is 10.6. The third-order valence-corrected chi connectivity index (χ3v) is 1.96. The Labute approximate surface area is 98.5 Å². The van der Waals surface area contributed by atoms with Gasteiger partial charge in [-0.05, 0) is 6.92 Å². The summed E-state index contributed by atoms with van der Waals surface area (Å²) in [6.07, 6.45) is -3.31. The van der Waals surface area contributed by atoms with Crippen molar-refractivity contribution in [2.45, 2.75) is 13.3 Å². The van der Waals surface area contributed by atoms with Gasteiger partial charge in [-0.2, -0.15) is 0 Å². The lowest BCUT2D eigenvalue weighted by Gasteiger charge is -2.04. The van der Waals surface area contributed by atoms with E-state index in [4.69, 9.17) is 0 Å². The molecule has 1 aromatic heterocycles. The number of halogens is 2. The van der Waals surface area contributed by atoms with Crippen LogP contribution in [0, 0.1) is 10.1 Å². The van der Waals surface area contributed by atoms with Crippen molar-refractivity contribution in [3.63, 3.8) is 0 Å². The summed E-state index contributed by atoms with van der Waals surface area (Å²) in [7, 11) is 0. The van der Waals surface area contributed by atoms with E-state index in [9.17, 15) is 28.5 Å². The van der Waals surface area contributed by atoms with Crippen molar-refractivity contribution >= 4 is 11.7 Å². The van der Waals surface area contributed by atoms with E-state index in [1.54, 1.807) is 0 Å². The summed E-state index contributed by atoms with van der Waals surface area (Å²) in [5.41, 5.74) is -4.33. The Kier molecular flexibility index (Phi) is 4.08. The van der Waals surface area contributed by atoms with Gasteiger partial charge in [-0.15, -0.1) is 0 Å². The van der Waals surface area contributed by atoms with Crippen molar-refractivity contribution in [1.29, 1.82) is 0 Å². The first-order chi connectivity index (χ1) is 8.38. The molecule has 0 radical (unpaired) electrons. The molecule has 98 valence electrons. The third kappa shape index (κ3) is 2.67. The molecule has 1 aromatic rings. The Hall–Kier alpha value is -2.32. The minimum atomic E-state index is -3.31. The van der Waals surface area contributed by atoms with E-state index >= 15 is 0 Å². The number of aromatic nitrogens is 1. The number of carbonyl (C=O) groups excluding carboxylic acids is 1. The number of alkyl halides is 2. The van der Waals surface area contributed by atoms with Gasteiger partial charge < -0.3 is 9.72 Å². The number of hydrogen-bond acceptors (Lipinski definition) is 5. The molecule has 0 atom stereocenters. The van der Waals surface area contributed by atoms with Crippen LogP contribution in [0.4, 0.5) is 14.5 Å². The minimum Gasteiger partial charge on any atom is -0.461 e. The zero-order valence-corrected chi connectivity index (χ0v) is 9.11. The molecule has 0 fully saturated rings. The van der Waals surface area contributed by atoms with Crippen molar-refractivity contribution in [2.75, 3.05) is 6.61 Å². The second-order valence-electron chi connectivity index (χ2n) is 3.09. The van der Waals surface area contributed by atoms with Crippen molar-refractivity contribution in [1.82, 2.24) is 4.98 Å². The molecule has 0 amide bonds. The number of H-pyrrole nitrogens is 1. The first-order valence-electron chi connectivity index (χ1n) is 4.75. The molecule has 18 heavy (non-hydrogen) atoms. The molecule has 0 saturated carbocycles. The van der Waals surface area contributed by atoms with Crippen LogP contribution in [0.5, 0.6) is 0 Å². The van der Waals surface area contributed by atoms with Crippen LogP contribution in [0.15, 0.2) is 10.9 Å². The van der Waals surface area contributed by atoms with Crippen LogP contribution in [0.25, 0.3) is 0 Å². The molecular weight excluding hydrogens is 254 g/mol. The van der Waals surface area contributed by atoms with Gasteiger partial charge in [0.1, 0.15) is 5.69 Å². The predicted molar refractivity (Wildman–Crippen MR) is 54.6 cm³/mol. The molecule has 1 rings (SSSR count). The highest BCUT2D eigenvalue weighted by atomic mass is 19.3. The summed E-state index contributed by atoms with van der Waals surface area (Å²) in [4.78, 5) is 33.8. The maximum atomic E-state index is 12.5. The largest absolute Gasteiger partial charge is 0.461 e. The number of pyridine rings is 1. The number of nitro groups is 1. The Morgan fingerprint density at radius 2 is 2.22 bits per heavy atom. The van der Waals surface area contributed by atoms with Crippen molar-refractivity contribution in [2.24, 2.45) is 0 Å². The molecule has 7 nitrogen and oxygen atoms in total. The van der Waals surface area contributed by atoms with E-state index in [2.05, 4.69) is 4.74 Å². The molecule has 9 heteroatoms. The average Bonchev–Trinajstić information content (AvgIpc) is 2.27. The lowest BCUT2D eigenvalue weighted by Crippen LogP contribution is -2.20. The van der Waals surface area contributed by atoms with E-state index in [0.29, 0.717) is 6.07 Å². The molecule has 0 saturated heterocycles. The fraction of sp³-hybridized carbons (Fsp3) is 0.333. The maximum absolute atomic E-state index is 12.5. The highest BCUT2D eigenvalue weighted by Gasteiger charge is 2.28. The number of rotatable bonds is 4. The number of aromatic amines is 1. The second kappa shape index (κ2) is 5.34. The van der Waals surface area contributed by atoms with Crippen molar-refractivity contribution < 1.29 is 23.2 Å². The highest BCUT2D eigenvalue weighted by Crippen LogP contribution is 2.25. The van der Waals surface area contributed by atoms with E-state index in [1.807, 2.05) is 4.98 Å².